The molecule has 1 saturated carbocycles. The standard InChI is InChI=1S/C14H26N2O/c1-12(17)15-9-14-7-4-8-16(11-14)10-13-5-2-3-6-13/h13-14H,2-11H2,1H3,(H,15,17). The molecular formula is C14H26N2O. The molecule has 17 heavy (non-hydrogen) atoms. The average molecular weight is 238 g/mol. The fourth-order valence-corrected chi connectivity index (χ4v) is 3.33. The number of likely N-dealkylation sites (tertiary alicyclic amines) is 1. The van der Waals surface area contributed by atoms with Crippen LogP contribution in [0.3, 0.4) is 0 Å². The molecule has 1 aliphatic carbocycles. The summed E-state index contributed by atoms with van der Waals surface area (Å²) < 4.78 is 0. The van der Waals surface area contributed by atoms with E-state index in [1.165, 1.54) is 58.2 Å². The van der Waals surface area contributed by atoms with Crippen LogP contribution in [-0.4, -0.2) is 37.0 Å². The Balaban J connectivity index is 1.70. The van der Waals surface area contributed by atoms with Gasteiger partial charge in [0, 0.05) is 26.6 Å². The fraction of sp³-hybridized carbons (Fsp3) is 0.929. The van der Waals surface area contributed by atoms with E-state index in [1.807, 2.05) is 0 Å². The molecule has 0 bridgehead atoms. The summed E-state index contributed by atoms with van der Waals surface area (Å²) in [6.07, 6.45) is 8.33. The van der Waals surface area contributed by atoms with Crippen LogP contribution < -0.4 is 5.32 Å². The Kier molecular flexibility index (Phi) is 4.84. The van der Waals surface area contributed by atoms with Crippen molar-refractivity contribution in [2.75, 3.05) is 26.2 Å². The first-order valence-electron chi connectivity index (χ1n) is 7.21. The van der Waals surface area contributed by atoms with Crippen LogP contribution in [0.15, 0.2) is 0 Å². The van der Waals surface area contributed by atoms with Gasteiger partial charge < -0.3 is 10.2 Å². The molecule has 1 unspecified atom stereocenters. The van der Waals surface area contributed by atoms with Crippen molar-refractivity contribution < 1.29 is 4.79 Å². The van der Waals surface area contributed by atoms with E-state index >= 15 is 0 Å². The third-order valence-electron chi connectivity index (χ3n) is 4.23. The number of carbonyl (C=O) groups is 1. The Morgan fingerprint density at radius 2 is 1.88 bits per heavy atom. The molecule has 0 aromatic heterocycles. The summed E-state index contributed by atoms with van der Waals surface area (Å²) >= 11 is 0. The molecule has 1 aliphatic heterocycles. The molecular weight excluding hydrogens is 212 g/mol. The van der Waals surface area contributed by atoms with Gasteiger partial charge in [-0.3, -0.25) is 4.79 Å². The second-order valence-electron chi connectivity index (χ2n) is 5.86. The van der Waals surface area contributed by atoms with E-state index in [0.29, 0.717) is 5.92 Å². The molecule has 3 heteroatoms. The number of amides is 1. The van der Waals surface area contributed by atoms with E-state index in [9.17, 15) is 4.79 Å². The largest absolute Gasteiger partial charge is 0.356 e. The Morgan fingerprint density at radius 1 is 1.18 bits per heavy atom. The van der Waals surface area contributed by atoms with Gasteiger partial charge in [-0.15, -0.1) is 0 Å². The van der Waals surface area contributed by atoms with E-state index in [2.05, 4.69) is 10.2 Å². The van der Waals surface area contributed by atoms with Gasteiger partial charge in [-0.05, 0) is 44.1 Å². The first kappa shape index (κ1) is 12.9. The fourth-order valence-electron chi connectivity index (χ4n) is 3.33. The molecule has 98 valence electrons. The van der Waals surface area contributed by atoms with E-state index in [-0.39, 0.29) is 5.91 Å². The van der Waals surface area contributed by atoms with Crippen molar-refractivity contribution in [1.82, 2.24) is 10.2 Å². The minimum atomic E-state index is 0.109. The zero-order valence-electron chi connectivity index (χ0n) is 11.1. The highest BCUT2D eigenvalue weighted by atomic mass is 16.1. The maximum Gasteiger partial charge on any atom is 0.216 e. The van der Waals surface area contributed by atoms with E-state index < -0.39 is 0 Å². The van der Waals surface area contributed by atoms with Gasteiger partial charge in [-0.25, -0.2) is 0 Å². The lowest BCUT2D eigenvalue weighted by molar-refractivity contribution is -0.119. The summed E-state index contributed by atoms with van der Waals surface area (Å²) in [5.41, 5.74) is 0. The lowest BCUT2D eigenvalue weighted by atomic mass is 9.96. The Morgan fingerprint density at radius 3 is 2.59 bits per heavy atom. The van der Waals surface area contributed by atoms with Gasteiger partial charge in [0.05, 0.1) is 0 Å². The predicted molar refractivity (Wildman–Crippen MR) is 69.8 cm³/mol. The highest BCUT2D eigenvalue weighted by molar-refractivity contribution is 5.72. The van der Waals surface area contributed by atoms with Crippen LogP contribution in [0.5, 0.6) is 0 Å². The topological polar surface area (TPSA) is 32.3 Å². The van der Waals surface area contributed by atoms with Crippen LogP contribution in [0.4, 0.5) is 0 Å². The molecule has 1 atom stereocenters. The minimum absolute atomic E-state index is 0.109. The maximum atomic E-state index is 10.9. The minimum Gasteiger partial charge on any atom is -0.356 e. The summed E-state index contributed by atoms with van der Waals surface area (Å²) in [7, 11) is 0. The maximum absolute atomic E-state index is 10.9. The predicted octanol–water partition coefficient (Wildman–Crippen LogP) is 2.02. The number of hydrogen-bond acceptors (Lipinski definition) is 2. The van der Waals surface area contributed by atoms with Crippen molar-refractivity contribution in [3.05, 3.63) is 0 Å². The number of nitrogens with one attached hydrogen (secondary N) is 1. The third-order valence-corrected chi connectivity index (χ3v) is 4.23. The zero-order valence-corrected chi connectivity index (χ0v) is 11.1. The molecule has 2 fully saturated rings. The molecule has 3 nitrogen and oxygen atoms in total. The van der Waals surface area contributed by atoms with Crippen LogP contribution in [0, 0.1) is 11.8 Å². The SMILES string of the molecule is CC(=O)NCC1CCCN(CC2CCCC2)C1. The number of rotatable bonds is 4. The quantitative estimate of drug-likeness (QED) is 0.812. The van der Waals surface area contributed by atoms with Gasteiger partial charge >= 0.3 is 0 Å². The first-order chi connectivity index (χ1) is 8.24. The van der Waals surface area contributed by atoms with Crippen molar-refractivity contribution in [2.45, 2.75) is 45.4 Å². The summed E-state index contributed by atoms with van der Waals surface area (Å²) in [6, 6.07) is 0. The van der Waals surface area contributed by atoms with Crippen molar-refractivity contribution >= 4 is 5.91 Å². The van der Waals surface area contributed by atoms with E-state index in [0.717, 1.165) is 12.5 Å². The summed E-state index contributed by atoms with van der Waals surface area (Å²) in [5, 5.41) is 2.96. The van der Waals surface area contributed by atoms with Crippen molar-refractivity contribution in [3.8, 4) is 0 Å². The lowest BCUT2D eigenvalue weighted by Gasteiger charge is -2.34. The number of nitrogens with zero attached hydrogens (tertiary/aromatic N) is 1. The number of carbonyl (C=O) groups excluding carboxylic acids is 1. The first-order valence-corrected chi connectivity index (χ1v) is 7.21. The second kappa shape index (κ2) is 6.39. The number of hydrogen-bond donors (Lipinski definition) is 1. The molecule has 0 aromatic carbocycles. The third kappa shape index (κ3) is 4.30. The summed E-state index contributed by atoms with van der Waals surface area (Å²) in [4.78, 5) is 13.6. The second-order valence-corrected chi connectivity index (χ2v) is 5.86. The molecule has 1 N–H and O–H groups in total. The highest BCUT2D eigenvalue weighted by Gasteiger charge is 2.23. The van der Waals surface area contributed by atoms with Crippen molar-refractivity contribution in [2.24, 2.45) is 11.8 Å². The smallest absolute Gasteiger partial charge is 0.216 e. The summed E-state index contributed by atoms with van der Waals surface area (Å²) in [5.74, 6) is 1.74. The average Bonchev–Trinajstić information content (AvgIpc) is 2.80. The van der Waals surface area contributed by atoms with Crippen LogP contribution in [0.1, 0.15) is 45.4 Å². The molecule has 0 spiro atoms. The van der Waals surface area contributed by atoms with E-state index in [4.69, 9.17) is 0 Å². The van der Waals surface area contributed by atoms with Gasteiger partial charge in [0.1, 0.15) is 0 Å². The van der Waals surface area contributed by atoms with Gasteiger partial charge in [-0.2, -0.15) is 0 Å². The van der Waals surface area contributed by atoms with Crippen LogP contribution >= 0.6 is 0 Å². The molecule has 0 aromatic rings. The monoisotopic (exact) mass is 238 g/mol. The molecule has 1 amide bonds. The number of piperidine rings is 1. The lowest BCUT2D eigenvalue weighted by Crippen LogP contribution is -2.42. The molecule has 2 aliphatic rings. The van der Waals surface area contributed by atoms with Gasteiger partial charge in [0.2, 0.25) is 5.91 Å². The van der Waals surface area contributed by atoms with Crippen molar-refractivity contribution in [1.29, 1.82) is 0 Å². The van der Waals surface area contributed by atoms with Gasteiger partial charge in [0.25, 0.3) is 0 Å². The Bertz CT molecular complexity index is 249. The van der Waals surface area contributed by atoms with Crippen LogP contribution in [0.25, 0.3) is 0 Å². The molecule has 1 saturated heterocycles. The molecule has 1 heterocycles. The van der Waals surface area contributed by atoms with Crippen LogP contribution in [-0.2, 0) is 4.79 Å². The Hall–Kier alpha value is -0.570. The molecule has 2 rings (SSSR count). The Labute approximate surface area is 105 Å². The summed E-state index contributed by atoms with van der Waals surface area (Å²) in [6.45, 7) is 6.25. The highest BCUT2D eigenvalue weighted by Crippen LogP contribution is 2.27. The molecule has 0 radical (unpaired) electrons. The van der Waals surface area contributed by atoms with Crippen LogP contribution in [0.2, 0.25) is 0 Å². The van der Waals surface area contributed by atoms with E-state index in [1.54, 1.807) is 6.92 Å². The van der Waals surface area contributed by atoms with Gasteiger partial charge in [-0.1, -0.05) is 12.8 Å². The normalized spacial score (nSPS) is 27.2. The van der Waals surface area contributed by atoms with Gasteiger partial charge in [0.15, 0.2) is 0 Å². The van der Waals surface area contributed by atoms with Crippen molar-refractivity contribution in [3.63, 3.8) is 0 Å². The zero-order chi connectivity index (χ0) is 12.1.